The Morgan fingerprint density at radius 1 is 1.13 bits per heavy atom. The van der Waals surface area contributed by atoms with Gasteiger partial charge in [0.05, 0.1) is 11.8 Å². The molecule has 4 atom stereocenters. The van der Waals surface area contributed by atoms with Gasteiger partial charge in [0, 0.05) is 6.54 Å². The van der Waals surface area contributed by atoms with E-state index in [9.17, 15) is 14.7 Å². The molecule has 1 saturated carbocycles. The lowest BCUT2D eigenvalue weighted by Crippen LogP contribution is -2.39. The van der Waals surface area contributed by atoms with Crippen LogP contribution < -0.4 is 14.8 Å². The molecule has 0 saturated heterocycles. The van der Waals surface area contributed by atoms with Crippen LogP contribution in [-0.2, 0) is 16.1 Å². The summed E-state index contributed by atoms with van der Waals surface area (Å²) in [7, 11) is 0. The smallest absolute Gasteiger partial charge is 0.307 e. The average Bonchev–Trinajstić information content (AvgIpc) is 3.25. The zero-order valence-corrected chi connectivity index (χ0v) is 12.4. The summed E-state index contributed by atoms with van der Waals surface area (Å²) in [6, 6.07) is 5.51. The summed E-state index contributed by atoms with van der Waals surface area (Å²) in [4.78, 5) is 24.0. The van der Waals surface area contributed by atoms with Gasteiger partial charge in [0.15, 0.2) is 11.5 Å². The van der Waals surface area contributed by atoms with Gasteiger partial charge < -0.3 is 19.9 Å². The van der Waals surface area contributed by atoms with Crippen LogP contribution in [0.25, 0.3) is 0 Å². The number of carbonyl (C=O) groups is 2. The molecule has 1 aliphatic heterocycles. The van der Waals surface area contributed by atoms with Gasteiger partial charge in [-0.15, -0.1) is 0 Å². The number of fused-ring (bicyclic) bond motifs is 3. The van der Waals surface area contributed by atoms with E-state index in [1.165, 1.54) is 0 Å². The molecule has 1 heterocycles. The standard InChI is InChI=1S/C17H17NO5/c19-16(14-10-2-3-11(6-10)15(14)17(20)21)18-7-9-1-4-12-13(5-9)23-8-22-12/h1-5,10-11,14-15H,6-8H2,(H,18,19)(H,20,21)/t10-,11-,14+,15+/m1/s1. The number of allylic oxidation sites excluding steroid dienone is 2. The van der Waals surface area contributed by atoms with E-state index in [-0.39, 0.29) is 24.5 Å². The Hall–Kier alpha value is -2.50. The number of carboxylic acid groups (broad SMARTS) is 1. The number of rotatable bonds is 4. The molecule has 1 aromatic carbocycles. The molecule has 1 fully saturated rings. The number of aliphatic carboxylic acids is 1. The fourth-order valence-corrected chi connectivity index (χ4v) is 3.87. The quantitative estimate of drug-likeness (QED) is 0.824. The summed E-state index contributed by atoms with van der Waals surface area (Å²) in [5, 5.41) is 12.3. The number of hydrogen-bond acceptors (Lipinski definition) is 4. The van der Waals surface area contributed by atoms with Crippen molar-refractivity contribution < 1.29 is 24.2 Å². The Morgan fingerprint density at radius 3 is 2.65 bits per heavy atom. The van der Waals surface area contributed by atoms with Crippen LogP contribution in [0.3, 0.4) is 0 Å². The lowest BCUT2D eigenvalue weighted by molar-refractivity contribution is -0.147. The summed E-state index contributed by atoms with van der Waals surface area (Å²) in [5.41, 5.74) is 0.896. The molecule has 6 nitrogen and oxygen atoms in total. The molecule has 23 heavy (non-hydrogen) atoms. The van der Waals surface area contributed by atoms with Crippen molar-refractivity contribution in [2.24, 2.45) is 23.7 Å². The monoisotopic (exact) mass is 315 g/mol. The largest absolute Gasteiger partial charge is 0.481 e. The molecule has 1 aromatic rings. The molecule has 4 rings (SSSR count). The van der Waals surface area contributed by atoms with Crippen molar-refractivity contribution in [1.29, 1.82) is 0 Å². The maximum atomic E-state index is 12.5. The minimum absolute atomic E-state index is 0.0150. The summed E-state index contributed by atoms with van der Waals surface area (Å²) >= 11 is 0. The number of amides is 1. The first-order chi connectivity index (χ1) is 11.1. The van der Waals surface area contributed by atoms with Gasteiger partial charge in [-0.2, -0.15) is 0 Å². The number of ether oxygens (including phenoxy) is 2. The molecule has 1 amide bonds. The highest BCUT2D eigenvalue weighted by atomic mass is 16.7. The predicted molar refractivity (Wildman–Crippen MR) is 79.8 cm³/mol. The zero-order valence-electron chi connectivity index (χ0n) is 12.4. The van der Waals surface area contributed by atoms with E-state index in [2.05, 4.69) is 5.32 Å². The third kappa shape index (κ3) is 2.34. The Bertz CT molecular complexity index is 698. The van der Waals surface area contributed by atoms with E-state index in [0.717, 1.165) is 12.0 Å². The van der Waals surface area contributed by atoms with E-state index in [0.29, 0.717) is 18.0 Å². The SMILES string of the molecule is O=C(O)[C@@H]1[C@@H](C(=O)NCc2ccc3c(c2)OCO3)[C@@H]2C=C[C@@H]1C2. The summed E-state index contributed by atoms with van der Waals surface area (Å²) in [6.07, 6.45) is 4.68. The van der Waals surface area contributed by atoms with Gasteiger partial charge in [-0.05, 0) is 36.0 Å². The van der Waals surface area contributed by atoms with Gasteiger partial charge >= 0.3 is 5.97 Å². The van der Waals surface area contributed by atoms with Gasteiger partial charge in [-0.1, -0.05) is 18.2 Å². The molecule has 0 unspecified atom stereocenters. The third-order valence-electron chi connectivity index (χ3n) is 4.95. The molecular weight excluding hydrogens is 298 g/mol. The van der Waals surface area contributed by atoms with Crippen LogP contribution in [0.2, 0.25) is 0 Å². The van der Waals surface area contributed by atoms with Gasteiger partial charge in [0.25, 0.3) is 0 Å². The summed E-state index contributed by atoms with van der Waals surface area (Å²) in [5.74, 6) is -0.765. The van der Waals surface area contributed by atoms with Crippen LogP contribution >= 0.6 is 0 Å². The molecule has 120 valence electrons. The Labute approximate surface area is 133 Å². The maximum Gasteiger partial charge on any atom is 0.307 e. The number of benzene rings is 1. The normalized spacial score (nSPS) is 29.7. The molecule has 3 aliphatic rings. The number of hydrogen-bond donors (Lipinski definition) is 2. The topological polar surface area (TPSA) is 84.9 Å². The lowest BCUT2D eigenvalue weighted by atomic mass is 9.82. The van der Waals surface area contributed by atoms with E-state index in [1.807, 2.05) is 30.4 Å². The molecule has 0 radical (unpaired) electrons. The fourth-order valence-electron chi connectivity index (χ4n) is 3.87. The first kappa shape index (κ1) is 14.1. The van der Waals surface area contributed by atoms with Crippen molar-refractivity contribution >= 4 is 11.9 Å². The third-order valence-corrected chi connectivity index (χ3v) is 4.95. The average molecular weight is 315 g/mol. The Balaban J connectivity index is 1.44. The predicted octanol–water partition coefficient (Wildman–Crippen LogP) is 1.55. The first-order valence-electron chi connectivity index (χ1n) is 7.71. The van der Waals surface area contributed by atoms with Gasteiger partial charge in [0.2, 0.25) is 12.7 Å². The van der Waals surface area contributed by atoms with Crippen molar-refractivity contribution in [3.05, 3.63) is 35.9 Å². The van der Waals surface area contributed by atoms with Crippen LogP contribution in [0.4, 0.5) is 0 Å². The van der Waals surface area contributed by atoms with Crippen molar-refractivity contribution in [1.82, 2.24) is 5.32 Å². The van der Waals surface area contributed by atoms with Crippen LogP contribution in [0.1, 0.15) is 12.0 Å². The molecule has 6 heteroatoms. The fraction of sp³-hybridized carbons (Fsp3) is 0.412. The summed E-state index contributed by atoms with van der Waals surface area (Å²) < 4.78 is 10.6. The highest BCUT2D eigenvalue weighted by molar-refractivity contribution is 5.86. The highest BCUT2D eigenvalue weighted by Gasteiger charge is 2.51. The second-order valence-corrected chi connectivity index (χ2v) is 6.24. The maximum absolute atomic E-state index is 12.5. The van der Waals surface area contributed by atoms with Gasteiger partial charge in [0.1, 0.15) is 0 Å². The second-order valence-electron chi connectivity index (χ2n) is 6.24. The lowest BCUT2D eigenvalue weighted by Gasteiger charge is -2.23. The van der Waals surface area contributed by atoms with Crippen molar-refractivity contribution in [2.45, 2.75) is 13.0 Å². The Morgan fingerprint density at radius 2 is 1.87 bits per heavy atom. The summed E-state index contributed by atoms with van der Waals surface area (Å²) in [6.45, 7) is 0.558. The van der Waals surface area contributed by atoms with Gasteiger partial charge in [-0.25, -0.2) is 0 Å². The van der Waals surface area contributed by atoms with E-state index in [1.54, 1.807) is 0 Å². The molecular formula is C17H17NO5. The minimum Gasteiger partial charge on any atom is -0.481 e. The molecule has 2 aliphatic carbocycles. The number of carboxylic acids is 1. The van der Waals surface area contributed by atoms with Gasteiger partial charge in [-0.3, -0.25) is 9.59 Å². The van der Waals surface area contributed by atoms with Crippen LogP contribution in [-0.4, -0.2) is 23.8 Å². The van der Waals surface area contributed by atoms with Crippen LogP contribution in [0.5, 0.6) is 11.5 Å². The van der Waals surface area contributed by atoms with E-state index < -0.39 is 17.8 Å². The molecule has 0 spiro atoms. The first-order valence-corrected chi connectivity index (χ1v) is 7.71. The van der Waals surface area contributed by atoms with Crippen LogP contribution in [0.15, 0.2) is 30.4 Å². The number of nitrogens with one attached hydrogen (secondary N) is 1. The van der Waals surface area contributed by atoms with E-state index in [4.69, 9.17) is 9.47 Å². The van der Waals surface area contributed by atoms with Crippen molar-refractivity contribution in [3.8, 4) is 11.5 Å². The van der Waals surface area contributed by atoms with Crippen molar-refractivity contribution in [3.63, 3.8) is 0 Å². The molecule has 2 N–H and O–H groups in total. The molecule has 2 bridgehead atoms. The van der Waals surface area contributed by atoms with Crippen molar-refractivity contribution in [2.75, 3.05) is 6.79 Å². The van der Waals surface area contributed by atoms with E-state index >= 15 is 0 Å². The number of carbonyl (C=O) groups excluding carboxylic acids is 1. The Kier molecular flexibility index (Phi) is 3.25. The van der Waals surface area contributed by atoms with Crippen LogP contribution in [0, 0.1) is 23.7 Å². The second kappa shape index (κ2) is 5.30. The molecule has 0 aromatic heterocycles. The zero-order chi connectivity index (χ0) is 16.0. The highest BCUT2D eigenvalue weighted by Crippen LogP contribution is 2.48. The minimum atomic E-state index is -0.884.